The van der Waals surface area contributed by atoms with Crippen LogP contribution in [0.1, 0.15) is 30.5 Å². The van der Waals surface area contributed by atoms with Gasteiger partial charge in [-0.2, -0.15) is 0 Å². The van der Waals surface area contributed by atoms with E-state index in [-0.39, 0.29) is 11.9 Å². The number of halogens is 2. The van der Waals surface area contributed by atoms with Gasteiger partial charge >= 0.3 is 0 Å². The van der Waals surface area contributed by atoms with Crippen molar-refractivity contribution in [3.63, 3.8) is 0 Å². The first kappa shape index (κ1) is 15.8. The summed E-state index contributed by atoms with van der Waals surface area (Å²) in [6, 6.07) is 11.9. The van der Waals surface area contributed by atoms with Crippen LogP contribution in [0.3, 0.4) is 0 Å². The third kappa shape index (κ3) is 4.19. The quantitative estimate of drug-likeness (QED) is 0.852. The molecule has 112 valence electrons. The highest BCUT2D eigenvalue weighted by molar-refractivity contribution is 6.31. The summed E-state index contributed by atoms with van der Waals surface area (Å²) in [6.07, 6.45) is 1.30. The summed E-state index contributed by atoms with van der Waals surface area (Å²) in [6.45, 7) is 2.72. The zero-order valence-electron chi connectivity index (χ0n) is 12.0. The van der Waals surface area contributed by atoms with Crippen molar-refractivity contribution in [2.75, 3.05) is 6.61 Å². The van der Waals surface area contributed by atoms with Crippen LogP contribution < -0.4 is 10.5 Å². The molecule has 0 radical (unpaired) electrons. The molecule has 21 heavy (non-hydrogen) atoms. The van der Waals surface area contributed by atoms with Gasteiger partial charge in [0.25, 0.3) is 0 Å². The molecular weight excluding hydrogens is 289 g/mol. The van der Waals surface area contributed by atoms with Crippen LogP contribution in [-0.4, -0.2) is 6.61 Å². The van der Waals surface area contributed by atoms with Crippen molar-refractivity contribution in [2.24, 2.45) is 5.73 Å². The van der Waals surface area contributed by atoms with Gasteiger partial charge in [-0.05, 0) is 42.7 Å². The van der Waals surface area contributed by atoms with Gasteiger partial charge < -0.3 is 10.5 Å². The van der Waals surface area contributed by atoms with Gasteiger partial charge in [-0.25, -0.2) is 4.39 Å². The third-order valence-electron chi connectivity index (χ3n) is 3.24. The van der Waals surface area contributed by atoms with E-state index in [9.17, 15) is 4.39 Å². The molecule has 0 heterocycles. The average Bonchev–Trinajstić information content (AvgIpc) is 2.49. The molecule has 0 aliphatic carbocycles. The van der Waals surface area contributed by atoms with E-state index in [0.29, 0.717) is 23.6 Å². The topological polar surface area (TPSA) is 35.2 Å². The lowest BCUT2D eigenvalue weighted by Crippen LogP contribution is -2.14. The molecule has 0 saturated heterocycles. The standard InChI is InChI=1S/C17H19ClFNO/c1-2-9-21-13-6-3-5-12(10-13)17(20)11-14-15(18)7-4-8-16(14)19/h3-8,10,17H,2,9,11,20H2,1H3. The smallest absolute Gasteiger partial charge is 0.127 e. The molecule has 0 spiro atoms. The van der Waals surface area contributed by atoms with E-state index < -0.39 is 0 Å². The highest BCUT2D eigenvalue weighted by atomic mass is 35.5. The largest absolute Gasteiger partial charge is 0.494 e. The van der Waals surface area contributed by atoms with E-state index in [2.05, 4.69) is 6.92 Å². The fraction of sp³-hybridized carbons (Fsp3) is 0.294. The van der Waals surface area contributed by atoms with Crippen molar-refractivity contribution < 1.29 is 9.13 Å². The maximum absolute atomic E-state index is 13.8. The molecule has 2 N–H and O–H groups in total. The Bertz CT molecular complexity index is 583. The van der Waals surface area contributed by atoms with Crippen LogP contribution in [0.15, 0.2) is 42.5 Å². The lowest BCUT2D eigenvalue weighted by Gasteiger charge is -2.15. The molecular formula is C17H19ClFNO. The fourth-order valence-electron chi connectivity index (χ4n) is 2.12. The van der Waals surface area contributed by atoms with Gasteiger partial charge in [0.15, 0.2) is 0 Å². The molecule has 0 aromatic heterocycles. The molecule has 1 atom stereocenters. The van der Waals surface area contributed by atoms with Crippen molar-refractivity contribution in [3.05, 3.63) is 64.4 Å². The Labute approximate surface area is 129 Å². The van der Waals surface area contributed by atoms with Crippen LogP contribution in [0.4, 0.5) is 4.39 Å². The van der Waals surface area contributed by atoms with Gasteiger partial charge in [0.2, 0.25) is 0 Å². The fourth-order valence-corrected chi connectivity index (χ4v) is 2.36. The highest BCUT2D eigenvalue weighted by Crippen LogP contribution is 2.26. The van der Waals surface area contributed by atoms with Crippen molar-refractivity contribution in [3.8, 4) is 5.75 Å². The second kappa shape index (κ2) is 7.43. The zero-order chi connectivity index (χ0) is 15.2. The van der Waals surface area contributed by atoms with Crippen LogP contribution in [0.2, 0.25) is 5.02 Å². The zero-order valence-corrected chi connectivity index (χ0v) is 12.7. The molecule has 0 saturated carbocycles. The van der Waals surface area contributed by atoms with Crippen molar-refractivity contribution in [2.45, 2.75) is 25.8 Å². The third-order valence-corrected chi connectivity index (χ3v) is 3.60. The van der Waals surface area contributed by atoms with Crippen LogP contribution in [0, 0.1) is 5.82 Å². The van der Waals surface area contributed by atoms with E-state index in [4.69, 9.17) is 22.1 Å². The predicted octanol–water partition coefficient (Wildman–Crippen LogP) is 4.51. The SMILES string of the molecule is CCCOc1cccc(C(N)Cc2c(F)cccc2Cl)c1. The van der Waals surface area contributed by atoms with E-state index >= 15 is 0 Å². The Kier molecular flexibility index (Phi) is 5.59. The minimum atomic E-state index is -0.329. The monoisotopic (exact) mass is 307 g/mol. The van der Waals surface area contributed by atoms with Crippen molar-refractivity contribution >= 4 is 11.6 Å². The summed E-state index contributed by atoms with van der Waals surface area (Å²) >= 11 is 6.04. The highest BCUT2D eigenvalue weighted by Gasteiger charge is 2.14. The van der Waals surface area contributed by atoms with Gasteiger partial charge in [-0.1, -0.05) is 36.7 Å². The molecule has 1 unspecified atom stereocenters. The average molecular weight is 308 g/mol. The van der Waals surface area contributed by atoms with Crippen LogP contribution in [0.5, 0.6) is 5.75 Å². The molecule has 0 aliphatic rings. The minimum Gasteiger partial charge on any atom is -0.494 e. The van der Waals surface area contributed by atoms with Crippen molar-refractivity contribution in [1.82, 2.24) is 0 Å². The Hall–Kier alpha value is -1.58. The van der Waals surface area contributed by atoms with Gasteiger partial charge in [0.1, 0.15) is 11.6 Å². The van der Waals surface area contributed by atoms with Gasteiger partial charge in [-0.15, -0.1) is 0 Å². The molecule has 0 fully saturated rings. The summed E-state index contributed by atoms with van der Waals surface area (Å²) in [5.74, 6) is 0.459. The van der Waals surface area contributed by atoms with Crippen molar-refractivity contribution in [1.29, 1.82) is 0 Å². The number of hydrogen-bond donors (Lipinski definition) is 1. The Morgan fingerprint density at radius 2 is 2.00 bits per heavy atom. The summed E-state index contributed by atoms with van der Waals surface area (Å²) in [7, 11) is 0. The van der Waals surface area contributed by atoms with Crippen LogP contribution in [-0.2, 0) is 6.42 Å². The summed E-state index contributed by atoms with van der Waals surface area (Å²) < 4.78 is 19.4. The Balaban J connectivity index is 2.14. The van der Waals surface area contributed by atoms with E-state index in [1.807, 2.05) is 24.3 Å². The maximum atomic E-state index is 13.8. The first-order chi connectivity index (χ1) is 10.1. The van der Waals surface area contributed by atoms with E-state index in [0.717, 1.165) is 17.7 Å². The Morgan fingerprint density at radius 1 is 1.24 bits per heavy atom. The molecule has 0 bridgehead atoms. The molecule has 0 amide bonds. The molecule has 2 aromatic carbocycles. The summed E-state index contributed by atoms with van der Waals surface area (Å²) in [5.41, 5.74) is 7.54. The first-order valence-corrected chi connectivity index (χ1v) is 7.41. The molecule has 2 nitrogen and oxygen atoms in total. The lowest BCUT2D eigenvalue weighted by molar-refractivity contribution is 0.317. The number of ether oxygens (including phenoxy) is 1. The maximum Gasteiger partial charge on any atom is 0.127 e. The van der Waals surface area contributed by atoms with Gasteiger partial charge in [0, 0.05) is 16.6 Å². The summed E-state index contributed by atoms with van der Waals surface area (Å²) in [4.78, 5) is 0. The second-order valence-electron chi connectivity index (χ2n) is 4.93. The van der Waals surface area contributed by atoms with E-state index in [1.165, 1.54) is 6.07 Å². The van der Waals surface area contributed by atoms with Gasteiger partial charge in [0.05, 0.1) is 6.61 Å². The molecule has 2 rings (SSSR count). The molecule has 2 aromatic rings. The van der Waals surface area contributed by atoms with Crippen LogP contribution >= 0.6 is 11.6 Å². The molecule has 0 aliphatic heterocycles. The normalized spacial score (nSPS) is 12.2. The number of hydrogen-bond acceptors (Lipinski definition) is 2. The Morgan fingerprint density at radius 3 is 2.71 bits per heavy atom. The number of benzene rings is 2. The summed E-state index contributed by atoms with van der Waals surface area (Å²) in [5, 5.41) is 0.406. The predicted molar refractivity (Wildman–Crippen MR) is 84.3 cm³/mol. The second-order valence-corrected chi connectivity index (χ2v) is 5.34. The van der Waals surface area contributed by atoms with Crippen LogP contribution in [0.25, 0.3) is 0 Å². The van der Waals surface area contributed by atoms with E-state index in [1.54, 1.807) is 12.1 Å². The number of rotatable bonds is 6. The first-order valence-electron chi connectivity index (χ1n) is 7.03. The minimum absolute atomic E-state index is 0.323. The number of nitrogens with two attached hydrogens (primary N) is 1. The molecule has 4 heteroatoms. The van der Waals surface area contributed by atoms with Gasteiger partial charge in [-0.3, -0.25) is 0 Å². The lowest BCUT2D eigenvalue weighted by atomic mass is 9.99.